The summed E-state index contributed by atoms with van der Waals surface area (Å²) in [6.07, 6.45) is -0.644. The molecular formula is C19H26N2O5. The number of aliphatic hydroxyl groups is 1. The second-order valence-corrected chi connectivity index (χ2v) is 7.74. The SMILES string of the molecule is CC(C)(C)N1CC(C(=O)NCC(O)c2ccc3c(c2)OCCO3)CC1=O. The molecule has 2 unspecified atom stereocenters. The van der Waals surface area contributed by atoms with Gasteiger partial charge in [-0.25, -0.2) is 0 Å². The predicted octanol–water partition coefficient (Wildman–Crippen LogP) is 1.25. The van der Waals surface area contributed by atoms with Crippen molar-refractivity contribution in [1.82, 2.24) is 10.2 Å². The Hall–Kier alpha value is -2.28. The molecule has 1 aromatic rings. The van der Waals surface area contributed by atoms with Crippen LogP contribution >= 0.6 is 0 Å². The molecule has 2 aliphatic heterocycles. The van der Waals surface area contributed by atoms with Crippen molar-refractivity contribution in [3.8, 4) is 11.5 Å². The first kappa shape index (κ1) is 18.5. The number of aliphatic hydroxyl groups excluding tert-OH is 1. The van der Waals surface area contributed by atoms with Crippen molar-refractivity contribution in [2.75, 3.05) is 26.3 Å². The lowest BCUT2D eigenvalue weighted by Gasteiger charge is -2.32. The van der Waals surface area contributed by atoms with Crippen LogP contribution in [0.2, 0.25) is 0 Å². The van der Waals surface area contributed by atoms with Crippen LogP contribution < -0.4 is 14.8 Å². The van der Waals surface area contributed by atoms with Crippen LogP contribution in [0.5, 0.6) is 11.5 Å². The molecule has 2 heterocycles. The first-order chi connectivity index (χ1) is 12.3. The van der Waals surface area contributed by atoms with Gasteiger partial charge < -0.3 is 24.8 Å². The Labute approximate surface area is 153 Å². The number of nitrogens with one attached hydrogen (secondary N) is 1. The maximum absolute atomic E-state index is 12.4. The summed E-state index contributed by atoms with van der Waals surface area (Å²) >= 11 is 0. The molecule has 0 bridgehead atoms. The number of amides is 2. The largest absolute Gasteiger partial charge is 0.486 e. The molecule has 1 aromatic carbocycles. The minimum absolute atomic E-state index is 0.00923. The highest BCUT2D eigenvalue weighted by atomic mass is 16.6. The molecule has 7 nitrogen and oxygen atoms in total. The normalized spacial score (nSPS) is 20.8. The number of benzene rings is 1. The second kappa shape index (κ2) is 7.15. The third kappa shape index (κ3) is 3.93. The van der Waals surface area contributed by atoms with Gasteiger partial charge in [0.25, 0.3) is 0 Å². The molecule has 0 aromatic heterocycles. The van der Waals surface area contributed by atoms with E-state index in [-0.39, 0.29) is 36.2 Å². The third-order valence-corrected chi connectivity index (χ3v) is 4.73. The van der Waals surface area contributed by atoms with Gasteiger partial charge in [0.05, 0.1) is 12.0 Å². The van der Waals surface area contributed by atoms with Crippen molar-refractivity contribution < 1.29 is 24.2 Å². The van der Waals surface area contributed by atoms with Gasteiger partial charge in [0.2, 0.25) is 11.8 Å². The molecule has 1 saturated heterocycles. The summed E-state index contributed by atoms with van der Waals surface area (Å²) in [7, 11) is 0. The predicted molar refractivity (Wildman–Crippen MR) is 95.0 cm³/mol. The molecule has 0 radical (unpaired) electrons. The number of likely N-dealkylation sites (tertiary alicyclic amines) is 1. The summed E-state index contributed by atoms with van der Waals surface area (Å²) in [5.74, 6) is 0.658. The molecular weight excluding hydrogens is 336 g/mol. The number of nitrogens with zero attached hydrogens (tertiary/aromatic N) is 1. The minimum Gasteiger partial charge on any atom is -0.486 e. The molecule has 2 aliphatic rings. The maximum atomic E-state index is 12.4. The van der Waals surface area contributed by atoms with E-state index in [0.717, 1.165) is 0 Å². The van der Waals surface area contributed by atoms with Crippen molar-refractivity contribution in [2.24, 2.45) is 5.92 Å². The summed E-state index contributed by atoms with van der Waals surface area (Å²) in [5.41, 5.74) is 0.352. The van der Waals surface area contributed by atoms with Crippen LogP contribution in [0.15, 0.2) is 18.2 Å². The van der Waals surface area contributed by atoms with Crippen LogP contribution in [-0.4, -0.2) is 53.7 Å². The van der Waals surface area contributed by atoms with Crippen LogP contribution in [0.25, 0.3) is 0 Å². The van der Waals surface area contributed by atoms with Gasteiger partial charge in [0.15, 0.2) is 11.5 Å². The Balaban J connectivity index is 1.55. The van der Waals surface area contributed by atoms with Crippen molar-refractivity contribution in [3.05, 3.63) is 23.8 Å². The number of hydrogen-bond acceptors (Lipinski definition) is 5. The Morgan fingerprint density at radius 3 is 2.65 bits per heavy atom. The summed E-state index contributed by atoms with van der Waals surface area (Å²) in [6.45, 7) is 7.34. The highest BCUT2D eigenvalue weighted by Crippen LogP contribution is 2.32. The minimum atomic E-state index is -0.856. The number of ether oxygens (including phenoxy) is 2. The highest BCUT2D eigenvalue weighted by Gasteiger charge is 2.39. The molecule has 2 N–H and O–H groups in total. The zero-order chi connectivity index (χ0) is 18.9. The van der Waals surface area contributed by atoms with Crippen molar-refractivity contribution >= 4 is 11.8 Å². The Bertz CT molecular complexity index is 698. The molecule has 26 heavy (non-hydrogen) atoms. The van der Waals surface area contributed by atoms with Crippen LogP contribution in [0, 0.1) is 5.92 Å². The topological polar surface area (TPSA) is 88.1 Å². The smallest absolute Gasteiger partial charge is 0.225 e. The van der Waals surface area contributed by atoms with Crippen LogP contribution in [0.4, 0.5) is 0 Å². The fourth-order valence-electron chi connectivity index (χ4n) is 3.26. The van der Waals surface area contributed by atoms with Gasteiger partial charge in [-0.2, -0.15) is 0 Å². The third-order valence-electron chi connectivity index (χ3n) is 4.73. The Kier molecular flexibility index (Phi) is 5.09. The van der Waals surface area contributed by atoms with E-state index in [1.165, 1.54) is 0 Å². The Morgan fingerprint density at radius 2 is 2.00 bits per heavy atom. The standard InChI is InChI=1S/C19H26N2O5/c1-19(2,3)21-11-13(9-17(21)23)18(24)20-10-14(22)12-4-5-15-16(8-12)26-7-6-25-15/h4-5,8,13-14,22H,6-7,9-11H2,1-3H3,(H,20,24). The quantitative estimate of drug-likeness (QED) is 0.842. The second-order valence-electron chi connectivity index (χ2n) is 7.74. The number of carbonyl (C=O) groups excluding carboxylic acids is 2. The van der Waals surface area contributed by atoms with E-state index in [0.29, 0.717) is 36.8 Å². The lowest BCUT2D eigenvalue weighted by Crippen LogP contribution is -2.43. The zero-order valence-electron chi connectivity index (χ0n) is 15.4. The first-order valence-corrected chi connectivity index (χ1v) is 8.91. The summed E-state index contributed by atoms with van der Waals surface area (Å²) in [5, 5.41) is 13.1. The first-order valence-electron chi connectivity index (χ1n) is 8.91. The zero-order valence-corrected chi connectivity index (χ0v) is 15.4. The summed E-state index contributed by atoms with van der Waals surface area (Å²) in [6, 6.07) is 5.24. The molecule has 0 saturated carbocycles. The Morgan fingerprint density at radius 1 is 1.31 bits per heavy atom. The van der Waals surface area contributed by atoms with E-state index in [1.807, 2.05) is 20.8 Å². The van der Waals surface area contributed by atoms with Gasteiger partial charge in [-0.15, -0.1) is 0 Å². The number of fused-ring (bicyclic) bond motifs is 1. The molecule has 7 heteroatoms. The molecule has 1 fully saturated rings. The number of carbonyl (C=O) groups is 2. The van der Waals surface area contributed by atoms with E-state index in [2.05, 4.69) is 5.32 Å². The van der Waals surface area contributed by atoms with E-state index in [9.17, 15) is 14.7 Å². The highest BCUT2D eigenvalue weighted by molar-refractivity contribution is 5.89. The van der Waals surface area contributed by atoms with Crippen LogP contribution in [0.3, 0.4) is 0 Å². The van der Waals surface area contributed by atoms with Gasteiger partial charge in [-0.1, -0.05) is 6.07 Å². The molecule has 2 amide bonds. The lowest BCUT2D eigenvalue weighted by atomic mass is 10.1. The van der Waals surface area contributed by atoms with Gasteiger partial charge >= 0.3 is 0 Å². The molecule has 0 aliphatic carbocycles. The van der Waals surface area contributed by atoms with Gasteiger partial charge in [-0.05, 0) is 38.5 Å². The molecule has 142 valence electrons. The lowest BCUT2D eigenvalue weighted by molar-refractivity contribution is -0.132. The fraction of sp³-hybridized carbons (Fsp3) is 0.579. The average molecular weight is 362 g/mol. The van der Waals surface area contributed by atoms with Crippen LogP contribution in [-0.2, 0) is 9.59 Å². The van der Waals surface area contributed by atoms with E-state index in [4.69, 9.17) is 9.47 Å². The fourth-order valence-corrected chi connectivity index (χ4v) is 3.26. The molecule has 3 rings (SSSR count). The molecule has 0 spiro atoms. The van der Waals surface area contributed by atoms with E-state index in [1.54, 1.807) is 23.1 Å². The molecule has 2 atom stereocenters. The van der Waals surface area contributed by atoms with Crippen molar-refractivity contribution in [1.29, 1.82) is 0 Å². The van der Waals surface area contributed by atoms with Crippen LogP contribution in [0.1, 0.15) is 38.9 Å². The number of rotatable bonds is 4. The van der Waals surface area contributed by atoms with Gasteiger partial charge in [0, 0.05) is 25.0 Å². The summed E-state index contributed by atoms with van der Waals surface area (Å²) in [4.78, 5) is 26.2. The average Bonchev–Trinajstić information content (AvgIpc) is 3.01. The van der Waals surface area contributed by atoms with Gasteiger partial charge in [-0.3, -0.25) is 9.59 Å². The summed E-state index contributed by atoms with van der Waals surface area (Å²) < 4.78 is 11.0. The van der Waals surface area contributed by atoms with E-state index < -0.39 is 6.10 Å². The van der Waals surface area contributed by atoms with Crippen molar-refractivity contribution in [3.63, 3.8) is 0 Å². The van der Waals surface area contributed by atoms with Gasteiger partial charge in [0.1, 0.15) is 13.2 Å². The monoisotopic (exact) mass is 362 g/mol. The number of hydrogen-bond donors (Lipinski definition) is 2. The maximum Gasteiger partial charge on any atom is 0.225 e. The van der Waals surface area contributed by atoms with Crippen molar-refractivity contribution in [2.45, 2.75) is 38.8 Å². The van der Waals surface area contributed by atoms with E-state index >= 15 is 0 Å².